The lowest BCUT2D eigenvalue weighted by atomic mass is 9.96. The van der Waals surface area contributed by atoms with Gasteiger partial charge in [0.15, 0.2) is 4.80 Å². The van der Waals surface area contributed by atoms with Gasteiger partial charge >= 0.3 is 5.97 Å². The molecule has 0 radical (unpaired) electrons. The van der Waals surface area contributed by atoms with Crippen LogP contribution in [-0.2, 0) is 9.53 Å². The second kappa shape index (κ2) is 11.3. The van der Waals surface area contributed by atoms with Crippen LogP contribution in [0.25, 0.3) is 6.08 Å². The third-order valence-corrected chi connectivity index (χ3v) is 7.19. The van der Waals surface area contributed by atoms with Crippen molar-refractivity contribution in [3.63, 3.8) is 0 Å². The van der Waals surface area contributed by atoms with Gasteiger partial charge in [0.05, 0.1) is 46.1 Å². The fraction of sp³-hybridized carbons (Fsp3) is 0.296. The normalized spacial score (nSPS) is 15.4. The Hall–Kier alpha value is -3.17. The lowest BCUT2D eigenvalue weighted by Crippen LogP contribution is -2.39. The molecule has 0 saturated heterocycles. The number of rotatable bonds is 8. The summed E-state index contributed by atoms with van der Waals surface area (Å²) in [5, 5.41) is 0. The van der Waals surface area contributed by atoms with Gasteiger partial charge in [-0.15, -0.1) is 0 Å². The minimum atomic E-state index is -0.637. The minimum absolute atomic E-state index is 0.231. The van der Waals surface area contributed by atoms with Gasteiger partial charge in [0.25, 0.3) is 5.56 Å². The van der Waals surface area contributed by atoms with Crippen molar-refractivity contribution < 1.29 is 19.0 Å². The molecular formula is C27H27BrN2O5S. The molecule has 0 aliphatic carbocycles. The molecule has 0 unspecified atom stereocenters. The van der Waals surface area contributed by atoms with Gasteiger partial charge in [-0.1, -0.05) is 41.7 Å². The highest BCUT2D eigenvalue weighted by atomic mass is 79.9. The van der Waals surface area contributed by atoms with Crippen LogP contribution in [-0.4, -0.2) is 30.4 Å². The van der Waals surface area contributed by atoms with Crippen molar-refractivity contribution in [3.8, 4) is 11.5 Å². The molecule has 0 amide bonds. The highest BCUT2D eigenvalue weighted by Gasteiger charge is 2.33. The first-order chi connectivity index (χ1) is 17.4. The molecule has 0 saturated carbocycles. The first kappa shape index (κ1) is 25.9. The molecule has 188 valence electrons. The lowest BCUT2D eigenvalue weighted by molar-refractivity contribution is -0.139. The van der Waals surface area contributed by atoms with Crippen LogP contribution < -0.4 is 24.4 Å². The summed E-state index contributed by atoms with van der Waals surface area (Å²) in [5.74, 6) is 0.798. The van der Waals surface area contributed by atoms with Gasteiger partial charge in [0.2, 0.25) is 0 Å². The molecule has 0 fully saturated rings. The Bertz CT molecular complexity index is 1490. The molecule has 2 heterocycles. The third-order valence-electron chi connectivity index (χ3n) is 5.58. The number of benzene rings is 2. The first-order valence-corrected chi connectivity index (χ1v) is 13.3. The largest absolute Gasteiger partial charge is 0.493 e. The SMILES string of the molecule is CCOC(=O)C1=C(C)N=c2s/c(=C\c3cc(Br)c(OCC)cc3OCC)c(=O)n2[C@H]1c1ccccc1. The molecule has 9 heteroatoms. The summed E-state index contributed by atoms with van der Waals surface area (Å²) in [4.78, 5) is 31.9. The Labute approximate surface area is 221 Å². The molecule has 0 spiro atoms. The molecule has 0 bridgehead atoms. The summed E-state index contributed by atoms with van der Waals surface area (Å²) in [6, 6.07) is 12.5. The molecule has 7 nitrogen and oxygen atoms in total. The zero-order valence-corrected chi connectivity index (χ0v) is 22.9. The van der Waals surface area contributed by atoms with Crippen LogP contribution in [0.2, 0.25) is 0 Å². The summed E-state index contributed by atoms with van der Waals surface area (Å²) in [6.45, 7) is 8.56. The average molecular weight is 571 g/mol. The van der Waals surface area contributed by atoms with E-state index in [-0.39, 0.29) is 12.2 Å². The average Bonchev–Trinajstić information content (AvgIpc) is 3.16. The van der Waals surface area contributed by atoms with E-state index in [1.54, 1.807) is 24.5 Å². The van der Waals surface area contributed by atoms with Crippen LogP contribution in [0.4, 0.5) is 0 Å². The van der Waals surface area contributed by atoms with E-state index < -0.39 is 12.0 Å². The Morgan fingerprint density at radius 1 is 1.08 bits per heavy atom. The molecule has 2 aromatic carbocycles. The van der Waals surface area contributed by atoms with Gasteiger partial charge in [-0.05, 0) is 61.3 Å². The Morgan fingerprint density at radius 2 is 1.78 bits per heavy atom. The van der Waals surface area contributed by atoms with Gasteiger partial charge in [0, 0.05) is 11.6 Å². The van der Waals surface area contributed by atoms with Gasteiger partial charge < -0.3 is 14.2 Å². The number of nitrogens with zero attached hydrogens (tertiary/aromatic N) is 2. The lowest BCUT2D eigenvalue weighted by Gasteiger charge is -2.24. The van der Waals surface area contributed by atoms with Crippen molar-refractivity contribution in [3.05, 3.63) is 89.0 Å². The summed E-state index contributed by atoms with van der Waals surface area (Å²) in [6.07, 6.45) is 1.79. The zero-order chi connectivity index (χ0) is 25.8. The molecule has 1 aliphatic heterocycles. The molecular weight excluding hydrogens is 544 g/mol. The number of thiazole rings is 1. The van der Waals surface area contributed by atoms with Gasteiger partial charge in [-0.3, -0.25) is 9.36 Å². The molecule has 1 atom stereocenters. The minimum Gasteiger partial charge on any atom is -0.493 e. The van der Waals surface area contributed by atoms with E-state index in [0.29, 0.717) is 45.3 Å². The maximum Gasteiger partial charge on any atom is 0.338 e. The van der Waals surface area contributed by atoms with Crippen LogP contribution in [0, 0.1) is 0 Å². The van der Waals surface area contributed by atoms with E-state index in [0.717, 1.165) is 15.6 Å². The van der Waals surface area contributed by atoms with E-state index in [4.69, 9.17) is 14.2 Å². The second-order valence-corrected chi connectivity index (χ2v) is 9.76. The summed E-state index contributed by atoms with van der Waals surface area (Å²) < 4.78 is 19.7. The van der Waals surface area contributed by atoms with Crippen molar-refractivity contribution >= 4 is 39.3 Å². The third kappa shape index (κ3) is 5.03. The molecule has 1 aliphatic rings. The zero-order valence-electron chi connectivity index (χ0n) is 20.5. The van der Waals surface area contributed by atoms with E-state index in [1.807, 2.05) is 56.3 Å². The van der Waals surface area contributed by atoms with Crippen LogP contribution in [0.1, 0.15) is 44.9 Å². The van der Waals surface area contributed by atoms with E-state index in [1.165, 1.54) is 11.3 Å². The predicted octanol–water partition coefficient (Wildman–Crippen LogP) is 4.36. The number of fused-ring (bicyclic) bond motifs is 1. The van der Waals surface area contributed by atoms with Crippen molar-refractivity contribution in [2.45, 2.75) is 33.7 Å². The topological polar surface area (TPSA) is 79.1 Å². The number of esters is 1. The van der Waals surface area contributed by atoms with Crippen molar-refractivity contribution in [2.24, 2.45) is 4.99 Å². The maximum atomic E-state index is 13.8. The van der Waals surface area contributed by atoms with E-state index in [9.17, 15) is 9.59 Å². The number of carbonyl (C=O) groups is 1. The maximum absolute atomic E-state index is 13.8. The molecule has 3 aromatic rings. The number of halogens is 1. The highest BCUT2D eigenvalue weighted by Crippen LogP contribution is 2.34. The van der Waals surface area contributed by atoms with Crippen LogP contribution >= 0.6 is 27.3 Å². The fourth-order valence-electron chi connectivity index (χ4n) is 4.09. The van der Waals surface area contributed by atoms with Gasteiger partial charge in [-0.25, -0.2) is 9.79 Å². The van der Waals surface area contributed by atoms with Crippen molar-refractivity contribution in [1.29, 1.82) is 0 Å². The van der Waals surface area contributed by atoms with Crippen molar-refractivity contribution in [1.82, 2.24) is 4.57 Å². The summed E-state index contributed by atoms with van der Waals surface area (Å²) in [5.41, 5.74) is 2.19. The van der Waals surface area contributed by atoms with Crippen LogP contribution in [0.15, 0.2) is 68.0 Å². The van der Waals surface area contributed by atoms with Gasteiger partial charge in [-0.2, -0.15) is 0 Å². The Morgan fingerprint density at radius 3 is 2.44 bits per heavy atom. The monoisotopic (exact) mass is 570 g/mol. The highest BCUT2D eigenvalue weighted by molar-refractivity contribution is 9.10. The summed E-state index contributed by atoms with van der Waals surface area (Å²) >= 11 is 4.82. The second-order valence-electron chi connectivity index (χ2n) is 7.90. The first-order valence-electron chi connectivity index (χ1n) is 11.7. The van der Waals surface area contributed by atoms with Crippen LogP contribution in [0.3, 0.4) is 0 Å². The smallest absolute Gasteiger partial charge is 0.338 e. The predicted molar refractivity (Wildman–Crippen MR) is 143 cm³/mol. The molecule has 36 heavy (non-hydrogen) atoms. The molecule has 1 aromatic heterocycles. The standard InChI is InChI=1S/C27H27BrN2O5S/c1-5-33-20-15-21(34-6-2)19(28)13-18(20)14-22-25(31)30-24(17-11-9-8-10-12-17)23(26(32)35-7-3)16(4)29-27(30)36-22/h8-15,24H,5-7H2,1-4H3/b22-14-/t24-/m0/s1. The number of allylic oxidation sites excluding steroid dienone is 1. The number of hydrogen-bond acceptors (Lipinski definition) is 7. The van der Waals surface area contributed by atoms with Crippen LogP contribution in [0.5, 0.6) is 11.5 Å². The Balaban J connectivity index is 1.93. The van der Waals surface area contributed by atoms with E-state index >= 15 is 0 Å². The molecule has 0 N–H and O–H groups in total. The fourth-order valence-corrected chi connectivity index (χ4v) is 5.61. The number of carbonyl (C=O) groups excluding carboxylic acids is 1. The Kier molecular flexibility index (Phi) is 8.11. The number of hydrogen-bond donors (Lipinski definition) is 0. The quantitative estimate of drug-likeness (QED) is 0.376. The number of aromatic nitrogens is 1. The molecule has 4 rings (SSSR count). The van der Waals surface area contributed by atoms with E-state index in [2.05, 4.69) is 20.9 Å². The number of ether oxygens (including phenoxy) is 3. The van der Waals surface area contributed by atoms with Gasteiger partial charge in [0.1, 0.15) is 11.5 Å². The summed E-state index contributed by atoms with van der Waals surface area (Å²) in [7, 11) is 0. The van der Waals surface area contributed by atoms with Crippen molar-refractivity contribution in [2.75, 3.05) is 19.8 Å².